The van der Waals surface area contributed by atoms with Gasteiger partial charge in [-0.1, -0.05) is 237 Å². The van der Waals surface area contributed by atoms with Crippen molar-refractivity contribution >= 4 is 88.8 Å². The maximum Gasteiger partial charge on any atom is 0.159 e. The molecule has 4 heteroatoms. The largest absolute Gasteiger partial charge is 0.454 e. The topological polar surface area (TPSA) is 32.8 Å². The Bertz CT molecular complexity index is 4850. The van der Waals surface area contributed by atoms with Gasteiger partial charge >= 0.3 is 0 Å². The van der Waals surface area contributed by atoms with Crippen molar-refractivity contribution in [2.75, 3.05) is 9.80 Å². The maximum absolute atomic E-state index is 6.99. The molecule has 1 aliphatic carbocycles. The first-order chi connectivity index (χ1) is 40.2. The number of rotatable bonds is 10. The molecule has 0 unspecified atom stereocenters. The van der Waals surface area contributed by atoms with Crippen LogP contribution in [0.25, 0.3) is 88.0 Å². The fourth-order valence-corrected chi connectivity index (χ4v) is 13.2. The molecule has 81 heavy (non-hydrogen) atoms. The van der Waals surface area contributed by atoms with Crippen molar-refractivity contribution in [3.8, 4) is 33.4 Å². The minimum atomic E-state index is -0.812. The van der Waals surface area contributed by atoms with Gasteiger partial charge in [0.05, 0.1) is 22.5 Å². The molecule has 380 valence electrons. The van der Waals surface area contributed by atoms with Crippen LogP contribution in [0.15, 0.2) is 312 Å². The molecule has 15 aromatic rings. The van der Waals surface area contributed by atoms with Gasteiger partial charge in [-0.3, -0.25) is 0 Å². The highest BCUT2D eigenvalue weighted by molar-refractivity contribution is 6.15. The van der Waals surface area contributed by atoms with E-state index in [2.05, 4.69) is 307 Å². The lowest BCUT2D eigenvalue weighted by molar-refractivity contribution is 0.668. The third-order valence-corrected chi connectivity index (χ3v) is 16.7. The van der Waals surface area contributed by atoms with Gasteiger partial charge in [-0.05, 0) is 128 Å². The Hall–Kier alpha value is -10.7. The average Bonchev–Trinajstić information content (AvgIpc) is 4.11. The highest BCUT2D eigenvalue weighted by atomic mass is 16.3. The Morgan fingerprint density at radius 3 is 1.23 bits per heavy atom. The standard InChI is InChI=1S/C77H50N2O2/c1-5-23-51(24-6-1)53-27-19-33-57(47-53)78(69-41-21-39-64-61-36-15-17-43-72(61)80-75(64)69)59-45-46-66-67(49-59)77(55-29-9-3-10-30-55,56-31-11-4-12-32-56)68-50-71(60-35-13-14-38-63(60)74(66)68)79(58-34-20-28-54(48-58)52-25-7-2-8-26-52)70-42-22-40-65-62-37-16-18-44-73(62)81-76(65)70/h1-50H. The van der Waals surface area contributed by atoms with Crippen LogP contribution in [0.2, 0.25) is 0 Å². The van der Waals surface area contributed by atoms with E-state index < -0.39 is 5.41 Å². The number of benzene rings is 13. The highest BCUT2D eigenvalue weighted by Crippen LogP contribution is 2.61. The van der Waals surface area contributed by atoms with E-state index in [0.717, 1.165) is 111 Å². The van der Waals surface area contributed by atoms with Crippen LogP contribution in [0.1, 0.15) is 22.3 Å². The predicted molar refractivity (Wildman–Crippen MR) is 336 cm³/mol. The van der Waals surface area contributed by atoms with Crippen molar-refractivity contribution in [3.63, 3.8) is 0 Å². The fraction of sp³-hybridized carbons (Fsp3) is 0.0130. The monoisotopic (exact) mass is 1030 g/mol. The van der Waals surface area contributed by atoms with E-state index in [4.69, 9.17) is 8.83 Å². The molecule has 13 aromatic carbocycles. The maximum atomic E-state index is 6.99. The molecular formula is C77H50N2O2. The summed E-state index contributed by atoms with van der Waals surface area (Å²) < 4.78 is 13.9. The van der Waals surface area contributed by atoms with Crippen LogP contribution < -0.4 is 9.80 Å². The number of hydrogen-bond donors (Lipinski definition) is 0. The van der Waals surface area contributed by atoms with Gasteiger partial charge in [0.15, 0.2) is 11.2 Å². The zero-order valence-corrected chi connectivity index (χ0v) is 44.1. The molecule has 0 fully saturated rings. The summed E-state index contributed by atoms with van der Waals surface area (Å²) >= 11 is 0. The zero-order chi connectivity index (χ0) is 53.4. The Balaban J connectivity index is 1.00. The Kier molecular flexibility index (Phi) is 10.8. The van der Waals surface area contributed by atoms with E-state index in [0.29, 0.717) is 0 Å². The van der Waals surface area contributed by atoms with Gasteiger partial charge in [-0.15, -0.1) is 0 Å². The van der Waals surface area contributed by atoms with E-state index in [1.807, 2.05) is 6.07 Å². The second-order valence-corrected chi connectivity index (χ2v) is 21.1. The van der Waals surface area contributed by atoms with Gasteiger partial charge in [0, 0.05) is 44.0 Å². The lowest BCUT2D eigenvalue weighted by atomic mass is 9.67. The molecule has 2 heterocycles. The molecule has 0 N–H and O–H groups in total. The van der Waals surface area contributed by atoms with E-state index in [1.165, 1.54) is 33.4 Å². The second-order valence-electron chi connectivity index (χ2n) is 21.1. The molecule has 1 aliphatic rings. The molecule has 4 nitrogen and oxygen atoms in total. The molecular weight excluding hydrogens is 985 g/mol. The molecule has 0 saturated heterocycles. The predicted octanol–water partition coefficient (Wildman–Crippen LogP) is 21.3. The number of para-hydroxylation sites is 4. The average molecular weight is 1040 g/mol. The zero-order valence-electron chi connectivity index (χ0n) is 44.1. The molecule has 0 radical (unpaired) electrons. The summed E-state index contributed by atoms with van der Waals surface area (Å²) in [5, 5.41) is 6.59. The van der Waals surface area contributed by atoms with Gasteiger partial charge in [-0.25, -0.2) is 0 Å². The van der Waals surface area contributed by atoms with E-state index in [9.17, 15) is 0 Å². The number of nitrogens with zero attached hydrogens (tertiary/aromatic N) is 2. The summed E-state index contributed by atoms with van der Waals surface area (Å²) in [7, 11) is 0. The normalized spacial score (nSPS) is 12.5. The van der Waals surface area contributed by atoms with Gasteiger partial charge in [0.1, 0.15) is 11.2 Å². The summed E-state index contributed by atoms with van der Waals surface area (Å²) in [6, 6.07) is 110. The third kappa shape index (κ3) is 7.31. The van der Waals surface area contributed by atoms with Gasteiger partial charge in [0.25, 0.3) is 0 Å². The summed E-state index contributed by atoms with van der Waals surface area (Å²) in [6.45, 7) is 0. The van der Waals surface area contributed by atoms with Crippen LogP contribution in [0.5, 0.6) is 0 Å². The molecule has 0 atom stereocenters. The highest BCUT2D eigenvalue weighted by Gasteiger charge is 2.48. The smallest absolute Gasteiger partial charge is 0.159 e. The number of fused-ring (bicyclic) bond motifs is 11. The quantitative estimate of drug-likeness (QED) is 0.137. The first kappa shape index (κ1) is 46.4. The molecule has 0 bridgehead atoms. The first-order valence-electron chi connectivity index (χ1n) is 27.7. The molecule has 0 aliphatic heterocycles. The van der Waals surface area contributed by atoms with Crippen molar-refractivity contribution in [3.05, 3.63) is 326 Å². The van der Waals surface area contributed by atoms with Crippen LogP contribution in [0, 0.1) is 0 Å². The SMILES string of the molecule is c1ccc(-c2cccc(N(c3ccc4c(c3)C(c3ccccc3)(c3ccccc3)c3cc(N(c5cccc(-c6ccccc6)c5)c5cccc6c5oc5ccccc56)c5ccccc5c3-4)c3cccc4c3oc3ccccc34)c2)cc1. The Morgan fingerprint density at radius 2 is 0.679 bits per heavy atom. The van der Waals surface area contributed by atoms with Gasteiger partial charge in [-0.2, -0.15) is 0 Å². The van der Waals surface area contributed by atoms with Gasteiger partial charge < -0.3 is 18.6 Å². The number of anilines is 6. The van der Waals surface area contributed by atoms with Gasteiger partial charge in [0.2, 0.25) is 0 Å². The number of furan rings is 2. The minimum absolute atomic E-state index is 0.812. The van der Waals surface area contributed by atoms with Crippen LogP contribution >= 0.6 is 0 Å². The minimum Gasteiger partial charge on any atom is -0.454 e. The third-order valence-electron chi connectivity index (χ3n) is 16.7. The Morgan fingerprint density at radius 1 is 0.259 bits per heavy atom. The first-order valence-corrected chi connectivity index (χ1v) is 27.7. The summed E-state index contributed by atoms with van der Waals surface area (Å²) in [4.78, 5) is 4.85. The van der Waals surface area contributed by atoms with Crippen molar-refractivity contribution in [2.24, 2.45) is 0 Å². The van der Waals surface area contributed by atoms with E-state index in [-0.39, 0.29) is 0 Å². The number of hydrogen-bond acceptors (Lipinski definition) is 4. The molecule has 16 rings (SSSR count). The van der Waals surface area contributed by atoms with Crippen molar-refractivity contribution in [2.45, 2.75) is 5.41 Å². The van der Waals surface area contributed by atoms with E-state index in [1.54, 1.807) is 0 Å². The van der Waals surface area contributed by atoms with Crippen LogP contribution in [-0.4, -0.2) is 0 Å². The lowest BCUT2D eigenvalue weighted by Gasteiger charge is -2.36. The lowest BCUT2D eigenvalue weighted by Crippen LogP contribution is -2.29. The van der Waals surface area contributed by atoms with Crippen LogP contribution in [0.4, 0.5) is 34.1 Å². The van der Waals surface area contributed by atoms with Crippen LogP contribution in [-0.2, 0) is 5.41 Å². The summed E-state index contributed by atoms with van der Waals surface area (Å²) in [5.41, 5.74) is 20.2. The van der Waals surface area contributed by atoms with Crippen molar-refractivity contribution in [1.82, 2.24) is 0 Å². The molecule has 0 amide bonds. The van der Waals surface area contributed by atoms with E-state index >= 15 is 0 Å². The fourth-order valence-electron chi connectivity index (χ4n) is 13.2. The van der Waals surface area contributed by atoms with Crippen molar-refractivity contribution in [1.29, 1.82) is 0 Å². The van der Waals surface area contributed by atoms with Crippen LogP contribution in [0.3, 0.4) is 0 Å². The van der Waals surface area contributed by atoms with Crippen molar-refractivity contribution < 1.29 is 8.83 Å². The molecule has 2 aromatic heterocycles. The summed E-state index contributed by atoms with van der Waals surface area (Å²) in [5.74, 6) is 0. The Labute approximate surface area is 469 Å². The molecule has 0 saturated carbocycles. The second kappa shape index (κ2) is 18.8. The molecule has 0 spiro atoms. The summed E-state index contributed by atoms with van der Waals surface area (Å²) in [6.07, 6.45) is 0.